The summed E-state index contributed by atoms with van der Waals surface area (Å²) in [7, 11) is 0. The Morgan fingerprint density at radius 3 is 2.28 bits per heavy atom. The fourth-order valence-electron chi connectivity index (χ4n) is 1.49. The van der Waals surface area contributed by atoms with Crippen molar-refractivity contribution in [2.75, 3.05) is 13.2 Å². The lowest BCUT2D eigenvalue weighted by Gasteiger charge is -2.20. The molecule has 0 aliphatic rings. The van der Waals surface area contributed by atoms with Crippen molar-refractivity contribution >= 4 is 23.2 Å². The third-order valence-corrected chi connectivity index (χ3v) is 2.99. The van der Waals surface area contributed by atoms with Crippen LogP contribution >= 0.6 is 23.2 Å². The molecule has 0 saturated carbocycles. The highest BCUT2D eigenvalue weighted by Gasteiger charge is 2.08. The van der Waals surface area contributed by atoms with Gasteiger partial charge in [0.1, 0.15) is 0 Å². The zero-order valence-electron chi connectivity index (χ0n) is 11.2. The molecule has 0 heterocycles. The molecule has 0 unspecified atom stereocenters. The summed E-state index contributed by atoms with van der Waals surface area (Å²) in [6.45, 7) is 8.10. The molecule has 0 aliphatic carbocycles. The maximum Gasteiger partial charge on any atom is 0.156 e. The Bertz CT molecular complexity index is 354. The summed E-state index contributed by atoms with van der Waals surface area (Å²) in [5.74, 6) is 0.588. The van der Waals surface area contributed by atoms with Crippen LogP contribution in [0.3, 0.4) is 0 Å². The number of hydrogen-bond acceptors (Lipinski definition) is 2. The SMILES string of the molecule is CC(C)(C)NCCCCOc1c(Cl)cccc1Cl. The molecular formula is C14H21Cl2NO. The highest BCUT2D eigenvalue weighted by molar-refractivity contribution is 6.37. The molecule has 0 spiro atoms. The smallest absolute Gasteiger partial charge is 0.156 e. The summed E-state index contributed by atoms with van der Waals surface area (Å²) >= 11 is 12.0. The van der Waals surface area contributed by atoms with Gasteiger partial charge in [-0.15, -0.1) is 0 Å². The Balaban J connectivity index is 2.22. The first-order chi connectivity index (χ1) is 8.40. The van der Waals surface area contributed by atoms with Gasteiger partial charge in [-0.05, 0) is 52.3 Å². The first kappa shape index (κ1) is 15.6. The predicted molar refractivity (Wildman–Crippen MR) is 78.9 cm³/mol. The van der Waals surface area contributed by atoms with Crippen LogP contribution in [0.1, 0.15) is 33.6 Å². The summed E-state index contributed by atoms with van der Waals surface area (Å²) in [6, 6.07) is 5.37. The molecule has 0 aromatic heterocycles. The maximum absolute atomic E-state index is 6.01. The van der Waals surface area contributed by atoms with Crippen molar-refractivity contribution < 1.29 is 4.74 Å². The van der Waals surface area contributed by atoms with Gasteiger partial charge >= 0.3 is 0 Å². The van der Waals surface area contributed by atoms with Crippen molar-refractivity contribution in [3.8, 4) is 5.75 Å². The van der Waals surface area contributed by atoms with Crippen molar-refractivity contribution in [1.82, 2.24) is 5.32 Å². The lowest BCUT2D eigenvalue weighted by atomic mass is 10.1. The number of halogens is 2. The van der Waals surface area contributed by atoms with Crippen LogP contribution < -0.4 is 10.1 Å². The molecule has 18 heavy (non-hydrogen) atoms. The highest BCUT2D eigenvalue weighted by atomic mass is 35.5. The van der Waals surface area contributed by atoms with E-state index in [4.69, 9.17) is 27.9 Å². The van der Waals surface area contributed by atoms with E-state index in [1.54, 1.807) is 12.1 Å². The second kappa shape index (κ2) is 7.22. The summed E-state index contributed by atoms with van der Waals surface area (Å²) in [4.78, 5) is 0. The Morgan fingerprint density at radius 2 is 1.72 bits per heavy atom. The van der Waals surface area contributed by atoms with E-state index in [9.17, 15) is 0 Å². The number of benzene rings is 1. The number of unbranched alkanes of at least 4 members (excludes halogenated alkanes) is 1. The number of rotatable bonds is 6. The van der Waals surface area contributed by atoms with Gasteiger partial charge in [0, 0.05) is 5.54 Å². The molecule has 1 N–H and O–H groups in total. The monoisotopic (exact) mass is 289 g/mol. The molecule has 1 aromatic carbocycles. The second-order valence-electron chi connectivity index (χ2n) is 5.28. The van der Waals surface area contributed by atoms with Gasteiger partial charge < -0.3 is 10.1 Å². The molecule has 102 valence electrons. The van der Waals surface area contributed by atoms with E-state index in [0.717, 1.165) is 19.4 Å². The largest absolute Gasteiger partial charge is 0.490 e. The van der Waals surface area contributed by atoms with Crippen molar-refractivity contribution in [2.45, 2.75) is 39.2 Å². The fraction of sp³-hybridized carbons (Fsp3) is 0.571. The van der Waals surface area contributed by atoms with Gasteiger partial charge in [-0.1, -0.05) is 29.3 Å². The molecule has 1 rings (SSSR count). The van der Waals surface area contributed by atoms with Gasteiger partial charge in [-0.3, -0.25) is 0 Å². The van der Waals surface area contributed by atoms with Crippen molar-refractivity contribution in [2.24, 2.45) is 0 Å². The van der Waals surface area contributed by atoms with E-state index in [0.29, 0.717) is 22.4 Å². The van der Waals surface area contributed by atoms with E-state index in [2.05, 4.69) is 26.1 Å². The fourth-order valence-corrected chi connectivity index (χ4v) is 1.99. The van der Waals surface area contributed by atoms with E-state index < -0.39 is 0 Å². The summed E-state index contributed by atoms with van der Waals surface area (Å²) < 4.78 is 5.61. The van der Waals surface area contributed by atoms with E-state index in [1.807, 2.05) is 6.07 Å². The number of nitrogens with one attached hydrogen (secondary N) is 1. The molecule has 0 fully saturated rings. The molecule has 0 atom stereocenters. The van der Waals surface area contributed by atoms with Crippen LogP contribution in [0, 0.1) is 0 Å². The average Bonchev–Trinajstić information content (AvgIpc) is 2.25. The summed E-state index contributed by atoms with van der Waals surface area (Å²) in [5, 5.41) is 4.57. The average molecular weight is 290 g/mol. The zero-order chi connectivity index (χ0) is 13.6. The molecule has 0 bridgehead atoms. The molecule has 0 aliphatic heterocycles. The number of para-hydroxylation sites is 1. The van der Waals surface area contributed by atoms with E-state index in [-0.39, 0.29) is 5.54 Å². The maximum atomic E-state index is 6.01. The summed E-state index contributed by atoms with van der Waals surface area (Å²) in [6.07, 6.45) is 2.05. The second-order valence-corrected chi connectivity index (χ2v) is 6.10. The van der Waals surface area contributed by atoms with Gasteiger partial charge in [-0.25, -0.2) is 0 Å². The molecule has 2 nitrogen and oxygen atoms in total. The molecule has 0 saturated heterocycles. The Morgan fingerprint density at radius 1 is 1.11 bits per heavy atom. The summed E-state index contributed by atoms with van der Waals surface area (Å²) in [5.41, 5.74) is 0.174. The van der Waals surface area contributed by atoms with Crippen molar-refractivity contribution in [1.29, 1.82) is 0 Å². The standard InChI is InChI=1S/C14H21Cl2NO/c1-14(2,3)17-9-4-5-10-18-13-11(15)7-6-8-12(13)16/h6-8,17H,4-5,9-10H2,1-3H3. The normalized spacial score (nSPS) is 11.6. The lowest BCUT2D eigenvalue weighted by Crippen LogP contribution is -2.36. The van der Waals surface area contributed by atoms with Crippen LogP contribution in [0.2, 0.25) is 10.0 Å². The lowest BCUT2D eigenvalue weighted by molar-refractivity contribution is 0.302. The highest BCUT2D eigenvalue weighted by Crippen LogP contribution is 2.32. The number of hydrogen-bond donors (Lipinski definition) is 1. The van der Waals surface area contributed by atoms with Crippen LogP contribution in [0.25, 0.3) is 0 Å². The minimum atomic E-state index is 0.174. The Kier molecular flexibility index (Phi) is 6.27. The third kappa shape index (κ3) is 5.94. The van der Waals surface area contributed by atoms with Crippen LogP contribution in [0.4, 0.5) is 0 Å². The molecule has 0 amide bonds. The Hall–Kier alpha value is -0.440. The van der Waals surface area contributed by atoms with Gasteiger partial charge in [0.25, 0.3) is 0 Å². The molecular weight excluding hydrogens is 269 g/mol. The minimum absolute atomic E-state index is 0.174. The van der Waals surface area contributed by atoms with Crippen molar-refractivity contribution in [3.05, 3.63) is 28.2 Å². The van der Waals surface area contributed by atoms with Gasteiger partial charge in [0.15, 0.2) is 5.75 Å². The molecule has 0 radical (unpaired) electrons. The molecule has 4 heteroatoms. The zero-order valence-corrected chi connectivity index (χ0v) is 12.7. The van der Waals surface area contributed by atoms with E-state index >= 15 is 0 Å². The van der Waals surface area contributed by atoms with Crippen LogP contribution in [0.15, 0.2) is 18.2 Å². The van der Waals surface area contributed by atoms with Crippen LogP contribution in [-0.2, 0) is 0 Å². The minimum Gasteiger partial charge on any atom is -0.490 e. The van der Waals surface area contributed by atoms with Gasteiger partial charge in [0.2, 0.25) is 0 Å². The Labute approximate surface area is 120 Å². The van der Waals surface area contributed by atoms with Crippen LogP contribution in [0.5, 0.6) is 5.75 Å². The first-order valence-electron chi connectivity index (χ1n) is 6.22. The van der Waals surface area contributed by atoms with Crippen LogP contribution in [-0.4, -0.2) is 18.7 Å². The van der Waals surface area contributed by atoms with E-state index in [1.165, 1.54) is 0 Å². The first-order valence-corrected chi connectivity index (χ1v) is 6.97. The molecule has 1 aromatic rings. The third-order valence-electron chi connectivity index (χ3n) is 2.39. The van der Waals surface area contributed by atoms with Crippen molar-refractivity contribution in [3.63, 3.8) is 0 Å². The quantitative estimate of drug-likeness (QED) is 0.777. The predicted octanol–water partition coefficient (Wildman–Crippen LogP) is 4.54. The van der Waals surface area contributed by atoms with Gasteiger partial charge in [-0.2, -0.15) is 0 Å². The topological polar surface area (TPSA) is 21.3 Å². The van der Waals surface area contributed by atoms with Gasteiger partial charge in [0.05, 0.1) is 16.7 Å². The number of ether oxygens (including phenoxy) is 1.